The topological polar surface area (TPSA) is 140 Å². The number of aromatic nitrogens is 1. The van der Waals surface area contributed by atoms with E-state index in [1.54, 1.807) is 26.0 Å². The van der Waals surface area contributed by atoms with Crippen LogP contribution < -0.4 is 11.1 Å². The van der Waals surface area contributed by atoms with Crippen LogP contribution in [0.15, 0.2) is 29.4 Å². The number of primary amides is 1. The Bertz CT molecular complexity index is 839. The van der Waals surface area contributed by atoms with Gasteiger partial charge >= 0.3 is 0 Å². The first kappa shape index (κ1) is 22.0. The average Bonchev–Trinajstić information content (AvgIpc) is 2.83. The Morgan fingerprint density at radius 1 is 1.39 bits per heavy atom. The van der Waals surface area contributed by atoms with Crippen LogP contribution in [-0.4, -0.2) is 54.4 Å². The number of amides is 2. The van der Waals surface area contributed by atoms with Gasteiger partial charge in [-0.25, -0.2) is 13.4 Å². The molecule has 1 aromatic rings. The van der Waals surface area contributed by atoms with Gasteiger partial charge in [-0.15, -0.1) is 0 Å². The van der Waals surface area contributed by atoms with Gasteiger partial charge in [-0.3, -0.25) is 14.4 Å². The maximum absolute atomic E-state index is 12.7. The summed E-state index contributed by atoms with van der Waals surface area (Å²) < 4.78 is 26.4. The molecule has 9 nitrogen and oxygen atoms in total. The second kappa shape index (κ2) is 8.78. The summed E-state index contributed by atoms with van der Waals surface area (Å²) in [6.07, 6.45) is 3.53. The summed E-state index contributed by atoms with van der Waals surface area (Å²) in [5, 5.41) is 2.48. The van der Waals surface area contributed by atoms with Crippen molar-refractivity contribution >= 4 is 27.6 Å². The van der Waals surface area contributed by atoms with Crippen LogP contribution in [0.1, 0.15) is 33.1 Å². The van der Waals surface area contributed by atoms with Crippen LogP contribution in [0.25, 0.3) is 0 Å². The quantitative estimate of drug-likeness (QED) is 0.651. The molecule has 2 amide bonds. The first-order valence-corrected chi connectivity index (χ1v) is 10.4. The van der Waals surface area contributed by atoms with Gasteiger partial charge in [0.25, 0.3) is 10.0 Å². The number of Topliss-reactive ketones (excluding diaryl/α,β-unsaturated/α-hetero) is 1. The second-order valence-corrected chi connectivity index (χ2v) is 9.22. The van der Waals surface area contributed by atoms with Gasteiger partial charge in [0.1, 0.15) is 0 Å². The van der Waals surface area contributed by atoms with Gasteiger partial charge in [-0.2, -0.15) is 4.31 Å². The fourth-order valence-corrected chi connectivity index (χ4v) is 4.04. The predicted molar refractivity (Wildman–Crippen MR) is 101 cm³/mol. The fraction of sp³-hybridized carbons (Fsp3) is 0.500. The maximum Gasteiger partial charge on any atom is 0.260 e. The summed E-state index contributed by atoms with van der Waals surface area (Å²) in [5.74, 6) is -1.42. The van der Waals surface area contributed by atoms with Crippen LogP contribution in [0.4, 0.5) is 0 Å². The molecule has 0 bridgehead atoms. The van der Waals surface area contributed by atoms with Crippen molar-refractivity contribution in [1.82, 2.24) is 14.6 Å². The number of ketones is 1. The van der Waals surface area contributed by atoms with E-state index in [1.807, 2.05) is 0 Å². The molecule has 2 rings (SSSR count). The van der Waals surface area contributed by atoms with Crippen molar-refractivity contribution in [2.45, 2.75) is 44.2 Å². The third kappa shape index (κ3) is 5.35. The number of nitrogens with zero attached hydrogens (tertiary/aromatic N) is 2. The highest BCUT2D eigenvalue weighted by molar-refractivity contribution is 7.89. The molecule has 1 fully saturated rings. The normalized spacial score (nSPS) is 19.1. The van der Waals surface area contributed by atoms with Crippen molar-refractivity contribution in [3.8, 4) is 0 Å². The van der Waals surface area contributed by atoms with E-state index >= 15 is 0 Å². The third-order valence-electron chi connectivity index (χ3n) is 4.64. The van der Waals surface area contributed by atoms with E-state index in [0.717, 1.165) is 4.31 Å². The standard InChI is InChI=1S/C18H25N4O5S/c1-18(2,17(19)25)9-8-15(24)21-13-6-5-11-22(12-14(13)23)28(26,27)16-7-3-4-10-20-16/h3-4,7-8,10,13H,5-6,9,11-12H2,1-2H3,(H2,19,25)(H,21,24)/t13-/m1/s1. The summed E-state index contributed by atoms with van der Waals surface area (Å²) in [4.78, 5) is 39.8. The number of hydrogen-bond donors (Lipinski definition) is 2. The Balaban J connectivity index is 1.99. The number of nitrogens with two attached hydrogens (primary N) is 1. The molecule has 0 saturated carbocycles. The average molecular weight is 409 g/mol. The Labute approximate surface area is 164 Å². The smallest absolute Gasteiger partial charge is 0.260 e. The van der Waals surface area contributed by atoms with Crippen LogP contribution >= 0.6 is 0 Å². The highest BCUT2D eigenvalue weighted by atomic mass is 32.2. The van der Waals surface area contributed by atoms with Gasteiger partial charge in [0, 0.05) is 18.2 Å². The Kier molecular flexibility index (Phi) is 6.89. The fourth-order valence-electron chi connectivity index (χ4n) is 2.66. The lowest BCUT2D eigenvalue weighted by Crippen LogP contribution is -2.44. The maximum atomic E-state index is 12.7. The lowest BCUT2D eigenvalue weighted by Gasteiger charge is -2.21. The molecule has 1 aliphatic heterocycles. The highest BCUT2D eigenvalue weighted by Crippen LogP contribution is 2.21. The summed E-state index contributed by atoms with van der Waals surface area (Å²) >= 11 is 0. The zero-order chi connectivity index (χ0) is 20.9. The van der Waals surface area contributed by atoms with Crippen molar-refractivity contribution < 1.29 is 22.8 Å². The Hall–Kier alpha value is -2.33. The minimum atomic E-state index is -3.88. The summed E-state index contributed by atoms with van der Waals surface area (Å²) in [6.45, 7) is 3.07. The number of pyridine rings is 1. The van der Waals surface area contributed by atoms with Crippen LogP contribution in [-0.2, 0) is 24.4 Å². The molecular formula is C18H25N4O5S. The van der Waals surface area contributed by atoms with Crippen molar-refractivity contribution in [2.24, 2.45) is 11.1 Å². The van der Waals surface area contributed by atoms with Crippen molar-refractivity contribution in [1.29, 1.82) is 0 Å². The highest BCUT2D eigenvalue weighted by Gasteiger charge is 2.34. The summed E-state index contributed by atoms with van der Waals surface area (Å²) in [6, 6.07) is 3.75. The first-order valence-electron chi connectivity index (χ1n) is 8.91. The van der Waals surface area contributed by atoms with Gasteiger partial charge in [0.2, 0.25) is 11.8 Å². The van der Waals surface area contributed by atoms with E-state index in [1.165, 1.54) is 18.7 Å². The minimum Gasteiger partial charge on any atom is -0.369 e. The van der Waals surface area contributed by atoms with E-state index < -0.39 is 39.1 Å². The number of sulfonamides is 1. The van der Waals surface area contributed by atoms with Gasteiger partial charge in [0.15, 0.2) is 10.8 Å². The van der Waals surface area contributed by atoms with Gasteiger partial charge < -0.3 is 11.1 Å². The molecule has 1 radical (unpaired) electrons. The largest absolute Gasteiger partial charge is 0.369 e. The van der Waals surface area contributed by atoms with Crippen LogP contribution in [0.5, 0.6) is 0 Å². The monoisotopic (exact) mass is 409 g/mol. The summed E-state index contributed by atoms with van der Waals surface area (Å²) in [7, 11) is -3.88. The van der Waals surface area contributed by atoms with E-state index in [4.69, 9.17) is 5.73 Å². The SMILES string of the molecule is CC(C)(C[CH]C(=O)N[C@@H]1CCCN(S(=O)(=O)c2ccccn2)CC1=O)C(N)=O. The number of carbonyl (C=O) groups is 3. The molecule has 1 aliphatic rings. The molecule has 1 aromatic heterocycles. The molecule has 3 N–H and O–H groups in total. The van der Waals surface area contributed by atoms with E-state index in [9.17, 15) is 22.8 Å². The molecule has 1 saturated heterocycles. The molecule has 0 aliphatic carbocycles. The van der Waals surface area contributed by atoms with Gasteiger partial charge in [-0.1, -0.05) is 19.9 Å². The molecule has 2 heterocycles. The number of carbonyl (C=O) groups excluding carboxylic acids is 3. The Morgan fingerprint density at radius 2 is 2.11 bits per heavy atom. The molecule has 10 heteroatoms. The zero-order valence-electron chi connectivity index (χ0n) is 15.9. The van der Waals surface area contributed by atoms with Gasteiger partial charge in [-0.05, 0) is 31.4 Å². The van der Waals surface area contributed by atoms with E-state index in [0.29, 0.717) is 12.8 Å². The van der Waals surface area contributed by atoms with Gasteiger partial charge in [0.05, 0.1) is 19.0 Å². The zero-order valence-corrected chi connectivity index (χ0v) is 16.7. The predicted octanol–water partition coefficient (Wildman–Crippen LogP) is 0.0259. The van der Waals surface area contributed by atoms with E-state index in [-0.39, 0.29) is 24.5 Å². The van der Waals surface area contributed by atoms with Crippen molar-refractivity contribution in [2.75, 3.05) is 13.1 Å². The molecule has 0 aromatic carbocycles. The number of hydrogen-bond acceptors (Lipinski definition) is 6. The van der Waals surface area contributed by atoms with Crippen LogP contribution in [0, 0.1) is 11.8 Å². The van der Waals surface area contributed by atoms with Crippen LogP contribution in [0.2, 0.25) is 0 Å². The van der Waals surface area contributed by atoms with E-state index in [2.05, 4.69) is 10.3 Å². The molecule has 0 spiro atoms. The lowest BCUT2D eigenvalue weighted by molar-refractivity contribution is -0.127. The Morgan fingerprint density at radius 3 is 2.71 bits per heavy atom. The number of rotatable bonds is 7. The molecule has 0 unspecified atom stereocenters. The third-order valence-corrected chi connectivity index (χ3v) is 6.41. The first-order chi connectivity index (χ1) is 13.0. The molecule has 28 heavy (non-hydrogen) atoms. The lowest BCUT2D eigenvalue weighted by atomic mass is 9.87. The molecule has 153 valence electrons. The second-order valence-electron chi connectivity index (χ2n) is 7.33. The molecular weight excluding hydrogens is 384 g/mol. The van der Waals surface area contributed by atoms with Crippen LogP contribution in [0.3, 0.4) is 0 Å². The summed E-state index contributed by atoms with van der Waals surface area (Å²) in [5.41, 5.74) is 4.40. The number of nitrogens with one attached hydrogen (secondary N) is 1. The minimum absolute atomic E-state index is 0.118. The van der Waals surface area contributed by atoms with Crippen molar-refractivity contribution in [3.63, 3.8) is 0 Å². The molecule has 1 atom stereocenters. The van der Waals surface area contributed by atoms with Crippen molar-refractivity contribution in [3.05, 3.63) is 30.8 Å².